The highest BCUT2D eigenvalue weighted by Crippen LogP contribution is 1.99. The quantitative estimate of drug-likeness (QED) is 0.290. The molecule has 1 amide bonds. The van der Waals surface area contributed by atoms with Crippen LogP contribution in [0.3, 0.4) is 0 Å². The lowest BCUT2D eigenvalue weighted by Crippen LogP contribution is -2.26. The van der Waals surface area contributed by atoms with E-state index in [2.05, 4.69) is 15.6 Å². The molecule has 12 heteroatoms. The first-order valence-electron chi connectivity index (χ1n) is 10.1. The predicted molar refractivity (Wildman–Crippen MR) is 112 cm³/mol. The summed E-state index contributed by atoms with van der Waals surface area (Å²) < 4.78 is 40.4. The summed E-state index contributed by atoms with van der Waals surface area (Å²) in [5.74, 6) is 0.141. The van der Waals surface area contributed by atoms with Gasteiger partial charge in [0.25, 0.3) is 0 Å². The molecule has 0 saturated heterocycles. The number of hydrogen-bond donors (Lipinski definition) is 1. The van der Waals surface area contributed by atoms with E-state index in [1.54, 1.807) is 11.6 Å². The molecule has 30 heavy (non-hydrogen) atoms. The Morgan fingerprint density at radius 1 is 1.13 bits per heavy atom. The Hall–Kier alpha value is -1.60. The number of sulfone groups is 1. The summed E-state index contributed by atoms with van der Waals surface area (Å²) in [4.78, 5) is 12.9. The number of amides is 1. The zero-order chi connectivity index (χ0) is 22.2. The van der Waals surface area contributed by atoms with Gasteiger partial charge in [0.05, 0.1) is 57.6 Å². The second-order valence-electron chi connectivity index (χ2n) is 6.88. The van der Waals surface area contributed by atoms with Crippen LogP contribution >= 0.6 is 0 Å². The molecule has 174 valence electrons. The summed E-state index contributed by atoms with van der Waals surface area (Å²) in [5.41, 5.74) is 0.781. The van der Waals surface area contributed by atoms with Crippen molar-refractivity contribution >= 4 is 15.7 Å². The van der Waals surface area contributed by atoms with Gasteiger partial charge in [0.2, 0.25) is 5.91 Å². The van der Waals surface area contributed by atoms with E-state index in [4.69, 9.17) is 14.2 Å². The first-order valence-corrected chi connectivity index (χ1v) is 12.1. The lowest BCUT2D eigenvalue weighted by atomic mass is 10.4. The first kappa shape index (κ1) is 26.4. The molecular formula is C18H35N5O6S. The lowest BCUT2D eigenvalue weighted by Gasteiger charge is -2.13. The molecule has 1 rings (SSSR count). The lowest BCUT2D eigenvalue weighted by molar-refractivity contribution is -0.121. The third kappa shape index (κ3) is 14.4. The molecule has 1 heterocycles. The smallest absolute Gasteiger partial charge is 0.219 e. The topological polar surface area (TPSA) is 125 Å². The van der Waals surface area contributed by atoms with Gasteiger partial charge < -0.3 is 19.5 Å². The van der Waals surface area contributed by atoms with Crippen molar-refractivity contribution in [1.29, 1.82) is 0 Å². The van der Waals surface area contributed by atoms with Crippen molar-refractivity contribution in [2.75, 3.05) is 71.8 Å². The standard InChI is InChI=1S/C18H35N5O6S/c1-4-18(24)19-5-8-27-10-12-29-13-11-28-9-6-23-16-17(20-21-23)15-22(2)7-14-30(3,25)26/h16H,4-15H2,1-3H3,(H,19,24). The summed E-state index contributed by atoms with van der Waals surface area (Å²) in [5, 5.41) is 10.9. The molecule has 0 bridgehead atoms. The largest absolute Gasteiger partial charge is 0.377 e. The highest BCUT2D eigenvalue weighted by molar-refractivity contribution is 7.90. The summed E-state index contributed by atoms with van der Waals surface area (Å²) in [6, 6.07) is 0. The van der Waals surface area contributed by atoms with E-state index in [0.717, 1.165) is 5.69 Å². The SMILES string of the molecule is CCC(=O)NCCOCCOCCOCCn1cc(CN(C)CCS(C)(=O)=O)nn1. The van der Waals surface area contributed by atoms with E-state index >= 15 is 0 Å². The van der Waals surface area contributed by atoms with Gasteiger partial charge >= 0.3 is 0 Å². The monoisotopic (exact) mass is 449 g/mol. The Balaban J connectivity index is 1.98. The molecule has 1 aromatic rings. The van der Waals surface area contributed by atoms with Crippen molar-refractivity contribution in [1.82, 2.24) is 25.2 Å². The molecule has 0 saturated carbocycles. The Morgan fingerprint density at radius 3 is 2.40 bits per heavy atom. The minimum absolute atomic E-state index is 0.0195. The van der Waals surface area contributed by atoms with E-state index in [0.29, 0.717) is 72.2 Å². The van der Waals surface area contributed by atoms with Crippen molar-refractivity contribution in [3.8, 4) is 0 Å². The van der Waals surface area contributed by atoms with Gasteiger partial charge in [-0.05, 0) is 7.05 Å². The molecule has 0 unspecified atom stereocenters. The van der Waals surface area contributed by atoms with Gasteiger partial charge in [0.1, 0.15) is 9.84 Å². The summed E-state index contributed by atoms with van der Waals surface area (Å²) in [7, 11) is -1.12. The molecule has 0 fully saturated rings. The fraction of sp³-hybridized carbons (Fsp3) is 0.833. The van der Waals surface area contributed by atoms with Gasteiger partial charge in [-0.1, -0.05) is 12.1 Å². The zero-order valence-corrected chi connectivity index (χ0v) is 19.0. The van der Waals surface area contributed by atoms with E-state index in [9.17, 15) is 13.2 Å². The van der Waals surface area contributed by atoms with Crippen LogP contribution in [-0.2, 0) is 41.9 Å². The number of hydrogen-bond acceptors (Lipinski definition) is 9. The highest BCUT2D eigenvalue weighted by Gasteiger charge is 2.08. The molecule has 1 aromatic heterocycles. The van der Waals surface area contributed by atoms with Crippen LogP contribution in [0.5, 0.6) is 0 Å². The second-order valence-corrected chi connectivity index (χ2v) is 9.14. The molecule has 0 aliphatic rings. The number of nitrogens with zero attached hydrogens (tertiary/aromatic N) is 4. The van der Waals surface area contributed by atoms with Crippen LogP contribution in [0.4, 0.5) is 0 Å². The molecule has 1 N–H and O–H groups in total. The molecule has 11 nitrogen and oxygen atoms in total. The van der Waals surface area contributed by atoms with E-state index in [1.165, 1.54) is 6.26 Å². The van der Waals surface area contributed by atoms with Gasteiger partial charge in [-0.2, -0.15) is 0 Å². The second kappa shape index (κ2) is 15.2. The van der Waals surface area contributed by atoms with Gasteiger partial charge in [0, 0.05) is 38.5 Å². The Morgan fingerprint density at radius 2 is 1.77 bits per heavy atom. The van der Waals surface area contributed by atoms with Gasteiger partial charge in [-0.25, -0.2) is 13.1 Å². The number of ether oxygens (including phenoxy) is 3. The van der Waals surface area contributed by atoms with Crippen LogP contribution in [0.15, 0.2) is 6.20 Å². The maximum atomic E-state index is 11.2. The average Bonchev–Trinajstić information content (AvgIpc) is 3.13. The van der Waals surface area contributed by atoms with Crippen LogP contribution in [0.2, 0.25) is 0 Å². The third-order valence-corrected chi connectivity index (χ3v) is 4.88. The van der Waals surface area contributed by atoms with E-state index in [1.807, 2.05) is 18.1 Å². The Bertz CT molecular complexity index is 697. The number of carbonyl (C=O) groups excluding carboxylic acids is 1. The maximum Gasteiger partial charge on any atom is 0.219 e. The van der Waals surface area contributed by atoms with Crippen LogP contribution < -0.4 is 5.32 Å². The van der Waals surface area contributed by atoms with Gasteiger partial charge in [-0.3, -0.25) is 9.69 Å². The molecule has 0 aromatic carbocycles. The molecule has 0 atom stereocenters. The third-order valence-electron chi connectivity index (χ3n) is 3.96. The summed E-state index contributed by atoms with van der Waals surface area (Å²) in [6.45, 7) is 6.75. The van der Waals surface area contributed by atoms with Crippen LogP contribution in [0.1, 0.15) is 19.0 Å². The summed E-state index contributed by atoms with van der Waals surface area (Å²) >= 11 is 0. The van der Waals surface area contributed by atoms with E-state index in [-0.39, 0.29) is 11.7 Å². The first-order chi connectivity index (χ1) is 14.3. The van der Waals surface area contributed by atoms with Crippen molar-refractivity contribution in [2.24, 2.45) is 0 Å². The van der Waals surface area contributed by atoms with Gasteiger partial charge in [0.15, 0.2) is 0 Å². The predicted octanol–water partition coefficient (Wildman–Crippen LogP) is -0.669. The fourth-order valence-corrected chi connectivity index (χ4v) is 2.93. The van der Waals surface area contributed by atoms with Crippen LogP contribution in [-0.4, -0.2) is 106 Å². The maximum absolute atomic E-state index is 11.2. The van der Waals surface area contributed by atoms with Crippen LogP contribution in [0.25, 0.3) is 0 Å². The van der Waals surface area contributed by atoms with Crippen molar-refractivity contribution in [3.05, 3.63) is 11.9 Å². The number of nitrogens with one attached hydrogen (secondary N) is 1. The minimum atomic E-state index is -2.97. The molecule has 0 spiro atoms. The molecular weight excluding hydrogens is 414 g/mol. The molecule has 0 aliphatic heterocycles. The minimum Gasteiger partial charge on any atom is -0.377 e. The van der Waals surface area contributed by atoms with Crippen molar-refractivity contribution in [3.63, 3.8) is 0 Å². The normalized spacial score (nSPS) is 11.9. The zero-order valence-electron chi connectivity index (χ0n) is 18.2. The fourth-order valence-electron chi connectivity index (χ4n) is 2.29. The van der Waals surface area contributed by atoms with Crippen molar-refractivity contribution < 1.29 is 27.4 Å². The van der Waals surface area contributed by atoms with Crippen LogP contribution in [0, 0.1) is 0 Å². The van der Waals surface area contributed by atoms with E-state index < -0.39 is 9.84 Å². The average molecular weight is 450 g/mol. The highest BCUT2D eigenvalue weighted by atomic mass is 32.2. The summed E-state index contributed by atoms with van der Waals surface area (Å²) in [6.07, 6.45) is 3.54. The number of rotatable bonds is 18. The van der Waals surface area contributed by atoms with Crippen molar-refractivity contribution in [2.45, 2.75) is 26.4 Å². The molecule has 0 radical (unpaired) electrons. The number of carbonyl (C=O) groups is 1. The molecule has 0 aliphatic carbocycles. The number of aromatic nitrogens is 3. The van der Waals surface area contributed by atoms with Gasteiger partial charge in [-0.15, -0.1) is 5.10 Å². The Labute approximate surface area is 179 Å². The Kier molecular flexibility index (Phi) is 13.4.